The minimum Gasteiger partial charge on any atom is -0.373 e. The zero-order chi connectivity index (χ0) is 28.7. The van der Waals surface area contributed by atoms with E-state index in [4.69, 9.17) is 4.74 Å². The Bertz CT molecular complexity index is 1460. The van der Waals surface area contributed by atoms with E-state index in [1.165, 1.54) is 17.0 Å². The van der Waals surface area contributed by atoms with Crippen LogP contribution in [0, 0.1) is 5.82 Å². The monoisotopic (exact) mass is 553 g/mol. The Labute approximate surface area is 231 Å². The largest absolute Gasteiger partial charge is 0.373 e. The number of benzene rings is 1. The molecule has 1 amide bonds. The third-order valence-electron chi connectivity index (χ3n) is 7.56. The highest BCUT2D eigenvalue weighted by Gasteiger charge is 2.41. The number of aryl methyl sites for hydroxylation is 1. The summed E-state index contributed by atoms with van der Waals surface area (Å²) in [5.74, 6) is -1.68. The van der Waals surface area contributed by atoms with Gasteiger partial charge in [0.2, 0.25) is 5.91 Å². The Morgan fingerprint density at radius 1 is 1.23 bits per heavy atom. The maximum absolute atomic E-state index is 15.1. The number of piperidine rings is 1. The lowest BCUT2D eigenvalue weighted by atomic mass is 9.42. The van der Waals surface area contributed by atoms with Gasteiger partial charge in [-0.3, -0.25) is 14.2 Å². The van der Waals surface area contributed by atoms with Gasteiger partial charge in [0.1, 0.15) is 58.7 Å². The summed E-state index contributed by atoms with van der Waals surface area (Å²) in [5.41, 5.74) is -0.0368. The van der Waals surface area contributed by atoms with Crippen LogP contribution in [0.3, 0.4) is 0 Å². The number of hydrogen-bond donors (Lipinski definition) is 1. The second kappa shape index (κ2) is 11.0. The van der Waals surface area contributed by atoms with Gasteiger partial charge in [0, 0.05) is 38.4 Å². The van der Waals surface area contributed by atoms with Crippen LogP contribution < -0.4 is 10.9 Å². The summed E-state index contributed by atoms with van der Waals surface area (Å²) >= 11 is 0. The number of hydrogen-bond acceptors (Lipinski definition) is 6. The Morgan fingerprint density at radius 2 is 1.87 bits per heavy atom. The van der Waals surface area contributed by atoms with Gasteiger partial charge in [-0.25, -0.2) is 18.7 Å². The van der Waals surface area contributed by atoms with Crippen LogP contribution >= 0.6 is 9.24 Å². The molecule has 1 fully saturated rings. The predicted molar refractivity (Wildman–Crippen MR) is 160 cm³/mol. The van der Waals surface area contributed by atoms with Gasteiger partial charge in [0.05, 0.1) is 17.0 Å². The van der Waals surface area contributed by atoms with Crippen molar-refractivity contribution in [1.29, 1.82) is 0 Å². The van der Waals surface area contributed by atoms with Crippen LogP contribution in [-0.4, -0.2) is 69.1 Å². The standard InChI is InChI=1S/C25H33B3F2N5O3P/c1-13(14-5-4-6-15(18(14)29)19(30)39)33-20-16-11-17(22(36)34(2)21(16)32-12-31-20)24(38-3)7-9-35(10-8-24)23(37)25(26,27)28/h4-6,11-13,19H,7-10,26-28,39H2,1-3H3,(H,31,32,33)/t13-,19?/m1/s1. The number of rotatable bonds is 7. The van der Waals surface area contributed by atoms with Crippen LogP contribution in [0.25, 0.3) is 11.0 Å². The number of amides is 1. The van der Waals surface area contributed by atoms with Crippen molar-refractivity contribution in [2.75, 3.05) is 25.5 Å². The van der Waals surface area contributed by atoms with Crippen molar-refractivity contribution in [1.82, 2.24) is 19.4 Å². The normalized spacial score (nSPS) is 17.1. The van der Waals surface area contributed by atoms with Gasteiger partial charge < -0.3 is 15.0 Å². The molecule has 0 spiro atoms. The number of pyridine rings is 1. The molecule has 14 heteroatoms. The van der Waals surface area contributed by atoms with Crippen molar-refractivity contribution in [3.63, 3.8) is 0 Å². The van der Waals surface area contributed by atoms with Crippen molar-refractivity contribution < 1.29 is 18.3 Å². The van der Waals surface area contributed by atoms with Crippen molar-refractivity contribution >= 4 is 55.5 Å². The van der Waals surface area contributed by atoms with E-state index in [9.17, 15) is 14.0 Å². The molecule has 2 aromatic heterocycles. The molecule has 0 bridgehead atoms. The lowest BCUT2D eigenvalue weighted by Gasteiger charge is -2.42. The Kier molecular flexibility index (Phi) is 8.25. The van der Waals surface area contributed by atoms with Crippen molar-refractivity contribution in [2.45, 2.75) is 42.4 Å². The number of nitrogens with one attached hydrogen (secondary N) is 1. The smallest absolute Gasteiger partial charge is 0.258 e. The topological polar surface area (TPSA) is 89.3 Å². The number of ether oxygens (including phenoxy) is 1. The summed E-state index contributed by atoms with van der Waals surface area (Å²) in [6.07, 6.45) is 2.25. The molecule has 3 atom stereocenters. The third kappa shape index (κ3) is 5.48. The molecule has 2 unspecified atom stereocenters. The number of aromatic nitrogens is 3. The molecule has 3 heterocycles. The van der Waals surface area contributed by atoms with Gasteiger partial charge in [-0.05, 0) is 30.9 Å². The SMILES string of the molecule is BC(B)(B)C(=O)N1CCC(OC)(c2cc3c(N[C@H](C)c4cccc(C(F)P)c4F)ncnc3n(C)c2=O)CC1. The molecule has 3 aromatic rings. The fraction of sp³-hybridized carbons (Fsp3) is 0.440. The zero-order valence-electron chi connectivity index (χ0n) is 23.2. The van der Waals surface area contributed by atoms with Crippen LogP contribution in [0.2, 0.25) is 5.11 Å². The molecule has 0 aliphatic carbocycles. The van der Waals surface area contributed by atoms with E-state index in [1.54, 1.807) is 39.3 Å². The maximum atomic E-state index is 15.1. The summed E-state index contributed by atoms with van der Waals surface area (Å²) in [7, 11) is 10.9. The van der Waals surface area contributed by atoms with E-state index in [0.29, 0.717) is 53.9 Å². The number of fused-ring (bicyclic) bond motifs is 1. The first-order chi connectivity index (χ1) is 18.3. The molecule has 4 rings (SSSR count). The van der Waals surface area contributed by atoms with Gasteiger partial charge in [-0.2, -0.15) is 0 Å². The molecule has 0 radical (unpaired) electrons. The van der Waals surface area contributed by atoms with Gasteiger partial charge in [0.15, 0.2) is 0 Å². The molecule has 1 saturated heterocycles. The summed E-state index contributed by atoms with van der Waals surface area (Å²) in [4.78, 5) is 36.9. The number of carbonyl (C=O) groups excluding carboxylic acids is 1. The van der Waals surface area contributed by atoms with Crippen molar-refractivity contribution in [2.24, 2.45) is 7.05 Å². The average molecular weight is 553 g/mol. The number of nitrogens with zero attached hydrogens (tertiary/aromatic N) is 4. The average Bonchev–Trinajstić information content (AvgIpc) is 2.90. The lowest BCUT2D eigenvalue weighted by Crippen LogP contribution is -2.51. The molecule has 1 aliphatic rings. The number of anilines is 1. The highest BCUT2D eigenvalue weighted by Crippen LogP contribution is 2.38. The molecule has 204 valence electrons. The number of likely N-dealkylation sites (tertiary alicyclic amines) is 1. The summed E-state index contributed by atoms with van der Waals surface area (Å²) in [6.45, 7) is 2.67. The number of alkyl halides is 1. The van der Waals surface area contributed by atoms with E-state index in [0.717, 1.165) is 0 Å². The third-order valence-corrected chi connectivity index (χ3v) is 7.92. The summed E-state index contributed by atoms with van der Waals surface area (Å²) in [6, 6.07) is 5.80. The predicted octanol–water partition coefficient (Wildman–Crippen LogP) is 0.921. The Hall–Kier alpha value is -2.78. The van der Waals surface area contributed by atoms with E-state index in [1.807, 2.05) is 37.7 Å². The zero-order valence-corrected chi connectivity index (χ0v) is 24.4. The van der Waals surface area contributed by atoms with E-state index in [2.05, 4.69) is 15.3 Å². The second-order valence-corrected chi connectivity index (χ2v) is 11.7. The van der Waals surface area contributed by atoms with Crippen LogP contribution in [0.4, 0.5) is 14.6 Å². The first-order valence-corrected chi connectivity index (χ1v) is 13.6. The molecule has 1 N–H and O–H groups in total. The van der Waals surface area contributed by atoms with Crippen LogP contribution in [0.5, 0.6) is 0 Å². The molecule has 8 nitrogen and oxygen atoms in total. The van der Waals surface area contributed by atoms with Crippen LogP contribution in [0.1, 0.15) is 48.4 Å². The Balaban J connectivity index is 1.73. The summed E-state index contributed by atoms with van der Waals surface area (Å²) < 4.78 is 36.4. The Morgan fingerprint density at radius 3 is 2.46 bits per heavy atom. The molecule has 1 aliphatic heterocycles. The van der Waals surface area contributed by atoms with E-state index >= 15 is 4.39 Å². The lowest BCUT2D eigenvalue weighted by molar-refractivity contribution is -0.136. The number of methoxy groups -OCH3 is 1. The van der Waals surface area contributed by atoms with Crippen molar-refractivity contribution in [3.8, 4) is 0 Å². The molecular weight excluding hydrogens is 520 g/mol. The summed E-state index contributed by atoms with van der Waals surface area (Å²) in [5, 5.41) is 3.29. The minimum absolute atomic E-state index is 0.0401. The highest BCUT2D eigenvalue weighted by atomic mass is 31.0. The minimum atomic E-state index is -1.52. The molecule has 0 saturated carbocycles. The van der Waals surface area contributed by atoms with Gasteiger partial charge >= 0.3 is 0 Å². The van der Waals surface area contributed by atoms with Crippen molar-refractivity contribution in [3.05, 3.63) is 63.5 Å². The van der Waals surface area contributed by atoms with E-state index in [-0.39, 0.29) is 17.0 Å². The molecular formula is C25H33B3F2N5O3P. The quantitative estimate of drug-likeness (QED) is 0.346. The van der Waals surface area contributed by atoms with Gasteiger partial charge in [-0.1, -0.05) is 27.4 Å². The van der Waals surface area contributed by atoms with Crippen LogP contribution in [-0.2, 0) is 22.2 Å². The first kappa shape index (κ1) is 29.2. The van der Waals surface area contributed by atoms with Crippen LogP contribution in [0.15, 0.2) is 35.4 Å². The highest BCUT2D eigenvalue weighted by molar-refractivity contribution is 7.16. The molecule has 39 heavy (non-hydrogen) atoms. The van der Waals surface area contributed by atoms with Gasteiger partial charge in [-0.15, -0.1) is 0 Å². The number of carbonyl (C=O) groups is 1. The maximum Gasteiger partial charge on any atom is 0.258 e. The fourth-order valence-corrected chi connectivity index (χ4v) is 5.50. The first-order valence-electron chi connectivity index (χ1n) is 12.9. The second-order valence-electron chi connectivity index (χ2n) is 11.1. The molecule has 1 aromatic carbocycles. The van der Waals surface area contributed by atoms with E-state index < -0.39 is 28.5 Å². The fourth-order valence-electron chi connectivity index (χ4n) is 5.24. The number of halogens is 2. The van der Waals surface area contributed by atoms with Gasteiger partial charge in [0.25, 0.3) is 5.56 Å².